The minimum Gasteiger partial charge on any atom is -0.200 e. The maximum absolute atomic E-state index is 13.2. The molecule has 0 saturated carbocycles. The molecule has 150 valence electrons. The molecule has 0 amide bonds. The molecule has 1 heterocycles. The van der Waals surface area contributed by atoms with Crippen LogP contribution in [0.2, 0.25) is 5.02 Å². The van der Waals surface area contributed by atoms with Gasteiger partial charge in [-0.2, -0.15) is 31.1 Å². The SMILES string of the molecule is C[C@@H]1CCC(c2ccc(Cl)c(C(F)(F)F)c2)=NN1S(=O)(=O)c1ccccc1I. The van der Waals surface area contributed by atoms with E-state index in [9.17, 15) is 21.6 Å². The third kappa shape index (κ3) is 4.16. The predicted octanol–water partition coefficient (Wildman–Crippen LogP) is 5.54. The Hall–Kier alpha value is -1.33. The van der Waals surface area contributed by atoms with Gasteiger partial charge in [0.2, 0.25) is 0 Å². The molecule has 2 aromatic carbocycles. The van der Waals surface area contributed by atoms with E-state index in [4.69, 9.17) is 11.6 Å². The predicted molar refractivity (Wildman–Crippen MR) is 110 cm³/mol. The number of hydrazone groups is 1. The topological polar surface area (TPSA) is 49.7 Å². The van der Waals surface area contributed by atoms with Crippen LogP contribution in [0.15, 0.2) is 52.5 Å². The fraction of sp³-hybridized carbons (Fsp3) is 0.278. The molecule has 0 fully saturated rings. The fourth-order valence-electron chi connectivity index (χ4n) is 2.89. The molecule has 0 aromatic heterocycles. The van der Waals surface area contributed by atoms with Gasteiger partial charge in [0, 0.05) is 3.57 Å². The minimum atomic E-state index is -4.61. The second-order valence-electron chi connectivity index (χ2n) is 6.33. The zero-order valence-corrected chi connectivity index (χ0v) is 18.3. The summed E-state index contributed by atoms with van der Waals surface area (Å²) in [6, 6.07) is 9.56. The highest BCUT2D eigenvalue weighted by Crippen LogP contribution is 2.36. The highest BCUT2D eigenvalue weighted by atomic mass is 127. The highest BCUT2D eigenvalue weighted by molar-refractivity contribution is 14.1. The van der Waals surface area contributed by atoms with Crippen LogP contribution in [0.25, 0.3) is 0 Å². The lowest BCUT2D eigenvalue weighted by Crippen LogP contribution is -2.39. The normalized spacial score (nSPS) is 18.1. The monoisotopic (exact) mass is 542 g/mol. The van der Waals surface area contributed by atoms with Gasteiger partial charge in [-0.1, -0.05) is 29.8 Å². The van der Waals surface area contributed by atoms with E-state index in [1.807, 2.05) is 22.6 Å². The van der Waals surface area contributed by atoms with E-state index < -0.39 is 32.8 Å². The first kappa shape index (κ1) is 21.4. The average Bonchev–Trinajstić information content (AvgIpc) is 2.61. The molecule has 1 aliphatic rings. The van der Waals surface area contributed by atoms with Crippen molar-refractivity contribution in [2.75, 3.05) is 0 Å². The molecule has 10 heteroatoms. The summed E-state index contributed by atoms with van der Waals surface area (Å²) in [4.78, 5) is 0.111. The molecule has 0 saturated heterocycles. The van der Waals surface area contributed by atoms with Gasteiger partial charge in [0.25, 0.3) is 10.0 Å². The van der Waals surface area contributed by atoms with E-state index in [1.54, 1.807) is 25.1 Å². The van der Waals surface area contributed by atoms with Crippen LogP contribution in [0, 0.1) is 3.57 Å². The van der Waals surface area contributed by atoms with Crippen LogP contribution in [-0.2, 0) is 16.2 Å². The lowest BCUT2D eigenvalue weighted by Gasteiger charge is -2.31. The molecule has 0 unspecified atom stereocenters. The van der Waals surface area contributed by atoms with Crippen LogP contribution in [0.3, 0.4) is 0 Å². The Kier molecular flexibility index (Phi) is 5.98. The van der Waals surface area contributed by atoms with Crippen molar-refractivity contribution in [1.29, 1.82) is 0 Å². The number of alkyl halides is 3. The zero-order chi connectivity index (χ0) is 20.7. The third-order valence-electron chi connectivity index (χ3n) is 4.36. The summed E-state index contributed by atoms with van der Waals surface area (Å²) in [5, 5.41) is 3.81. The van der Waals surface area contributed by atoms with Crippen LogP contribution in [0.5, 0.6) is 0 Å². The van der Waals surface area contributed by atoms with E-state index in [0.717, 1.165) is 16.5 Å². The number of sulfonamides is 1. The van der Waals surface area contributed by atoms with Crippen molar-refractivity contribution in [3.8, 4) is 0 Å². The second-order valence-corrected chi connectivity index (χ2v) is 9.67. The first-order valence-electron chi connectivity index (χ1n) is 8.25. The van der Waals surface area contributed by atoms with Crippen LogP contribution < -0.4 is 0 Å². The van der Waals surface area contributed by atoms with Crippen molar-refractivity contribution >= 4 is 49.9 Å². The first-order chi connectivity index (χ1) is 13.0. The summed E-state index contributed by atoms with van der Waals surface area (Å²) >= 11 is 7.60. The number of benzene rings is 2. The van der Waals surface area contributed by atoms with Crippen molar-refractivity contribution < 1.29 is 21.6 Å². The molecule has 2 aromatic rings. The molecule has 0 bridgehead atoms. The lowest BCUT2D eigenvalue weighted by molar-refractivity contribution is -0.137. The van der Waals surface area contributed by atoms with Gasteiger partial charge < -0.3 is 0 Å². The Bertz CT molecular complexity index is 1040. The summed E-state index contributed by atoms with van der Waals surface area (Å²) in [7, 11) is -3.94. The Morgan fingerprint density at radius 2 is 1.89 bits per heavy atom. The number of nitrogens with zero attached hydrogens (tertiary/aromatic N) is 2. The molecule has 0 spiro atoms. The maximum atomic E-state index is 13.2. The molecule has 0 aliphatic carbocycles. The largest absolute Gasteiger partial charge is 0.417 e. The lowest BCUT2D eigenvalue weighted by atomic mass is 10.00. The van der Waals surface area contributed by atoms with E-state index >= 15 is 0 Å². The molecule has 0 radical (unpaired) electrons. The number of hydrogen-bond donors (Lipinski definition) is 0. The zero-order valence-electron chi connectivity index (χ0n) is 14.5. The van der Waals surface area contributed by atoms with Gasteiger partial charge in [-0.05, 0) is 72.2 Å². The van der Waals surface area contributed by atoms with Crippen molar-refractivity contribution in [3.63, 3.8) is 0 Å². The van der Waals surface area contributed by atoms with Crippen LogP contribution in [-0.4, -0.2) is 24.6 Å². The van der Waals surface area contributed by atoms with Crippen LogP contribution >= 0.6 is 34.2 Å². The average molecular weight is 543 g/mol. The van der Waals surface area contributed by atoms with E-state index in [2.05, 4.69) is 5.10 Å². The Morgan fingerprint density at radius 1 is 1.21 bits per heavy atom. The Morgan fingerprint density at radius 3 is 2.54 bits per heavy atom. The number of hydrogen-bond acceptors (Lipinski definition) is 3. The third-order valence-corrected chi connectivity index (χ3v) is 7.84. The highest BCUT2D eigenvalue weighted by Gasteiger charge is 2.35. The summed E-state index contributed by atoms with van der Waals surface area (Å²) in [5.41, 5.74) is -0.499. The van der Waals surface area contributed by atoms with Gasteiger partial charge >= 0.3 is 6.18 Å². The van der Waals surface area contributed by atoms with Gasteiger partial charge in [-0.15, -0.1) is 0 Å². The van der Waals surface area contributed by atoms with Crippen molar-refractivity contribution in [2.45, 2.75) is 36.9 Å². The van der Waals surface area contributed by atoms with E-state index in [0.29, 0.717) is 16.4 Å². The van der Waals surface area contributed by atoms with Gasteiger partial charge in [-0.3, -0.25) is 0 Å². The van der Waals surface area contributed by atoms with E-state index in [1.165, 1.54) is 12.1 Å². The molecule has 0 N–H and O–H groups in total. The fourth-order valence-corrected chi connectivity index (χ4v) is 5.89. The van der Waals surface area contributed by atoms with Crippen LogP contribution in [0.1, 0.15) is 30.9 Å². The summed E-state index contributed by atoms with van der Waals surface area (Å²) in [6.45, 7) is 1.72. The van der Waals surface area contributed by atoms with Crippen LogP contribution in [0.4, 0.5) is 13.2 Å². The Labute approximate surface area is 179 Å². The summed E-state index contributed by atoms with van der Waals surface area (Å²) < 4.78 is 67.2. The molecule has 3 rings (SSSR count). The molecule has 1 aliphatic heterocycles. The smallest absolute Gasteiger partial charge is 0.200 e. The molecular formula is C18H15ClF3IN2O2S. The van der Waals surface area contributed by atoms with Crippen molar-refractivity contribution in [3.05, 3.63) is 62.2 Å². The standard InChI is InChI=1S/C18H15ClF3IN2O2S/c1-11-6-9-16(12-7-8-14(19)13(10-12)18(20,21)22)24-25(11)28(26,27)17-5-3-2-4-15(17)23/h2-5,7-8,10-11H,6,9H2,1H3/t11-/m1/s1. The summed E-state index contributed by atoms with van der Waals surface area (Å²) in [5.74, 6) is 0. The first-order valence-corrected chi connectivity index (χ1v) is 11.1. The minimum absolute atomic E-state index is 0.111. The number of halogens is 5. The molecule has 28 heavy (non-hydrogen) atoms. The summed E-state index contributed by atoms with van der Waals surface area (Å²) in [6.07, 6.45) is -3.81. The van der Waals surface area contributed by atoms with Crippen molar-refractivity contribution in [1.82, 2.24) is 4.41 Å². The molecule has 1 atom stereocenters. The second kappa shape index (κ2) is 7.83. The van der Waals surface area contributed by atoms with Crippen molar-refractivity contribution in [2.24, 2.45) is 5.10 Å². The van der Waals surface area contributed by atoms with Gasteiger partial charge in [0.15, 0.2) is 0 Å². The van der Waals surface area contributed by atoms with Gasteiger partial charge in [-0.25, -0.2) is 0 Å². The van der Waals surface area contributed by atoms with Gasteiger partial charge in [0.1, 0.15) is 4.90 Å². The van der Waals surface area contributed by atoms with E-state index in [-0.39, 0.29) is 16.2 Å². The molecule has 4 nitrogen and oxygen atoms in total. The number of rotatable bonds is 3. The quantitative estimate of drug-likeness (QED) is 0.478. The van der Waals surface area contributed by atoms with Gasteiger partial charge in [0.05, 0.1) is 22.3 Å². The maximum Gasteiger partial charge on any atom is 0.417 e. The Balaban J connectivity index is 2.07. The molecular weight excluding hydrogens is 528 g/mol.